The normalized spacial score (nSPS) is 19.2. The Hall–Kier alpha value is -0.490. The highest BCUT2D eigenvalue weighted by Crippen LogP contribution is 2.33. The first-order valence-corrected chi connectivity index (χ1v) is 7.45. The minimum absolute atomic E-state index is 0.679. The summed E-state index contributed by atoms with van der Waals surface area (Å²) in [6.07, 6.45) is 8.20. The predicted octanol–water partition coefficient (Wildman–Crippen LogP) is 4.97. The summed E-state index contributed by atoms with van der Waals surface area (Å²) in [6.45, 7) is 2.21. The van der Waals surface area contributed by atoms with Gasteiger partial charge in [0.25, 0.3) is 0 Å². The molecule has 0 bridgehead atoms. The van der Waals surface area contributed by atoms with Crippen molar-refractivity contribution in [2.45, 2.75) is 45.4 Å². The predicted molar refractivity (Wildman–Crippen MR) is 75.7 cm³/mol. The van der Waals surface area contributed by atoms with E-state index in [4.69, 9.17) is 11.6 Å². The molecule has 0 amide bonds. The van der Waals surface area contributed by atoms with Crippen LogP contribution in [-0.4, -0.2) is 5.88 Å². The van der Waals surface area contributed by atoms with Gasteiger partial charge in [-0.1, -0.05) is 56.4 Å². The molecule has 1 atom stereocenters. The molecule has 0 saturated heterocycles. The minimum atomic E-state index is 0.679. The second-order valence-corrected chi connectivity index (χ2v) is 5.75. The zero-order chi connectivity index (χ0) is 12.1. The Morgan fingerprint density at radius 2 is 1.88 bits per heavy atom. The summed E-state index contributed by atoms with van der Waals surface area (Å²) < 4.78 is 0. The highest BCUT2D eigenvalue weighted by molar-refractivity contribution is 6.18. The van der Waals surface area contributed by atoms with Crippen LogP contribution in [0.2, 0.25) is 0 Å². The lowest BCUT2D eigenvalue weighted by molar-refractivity contribution is 0.265. The maximum Gasteiger partial charge on any atom is 0.0257 e. The van der Waals surface area contributed by atoms with E-state index in [0.717, 1.165) is 11.8 Å². The quantitative estimate of drug-likeness (QED) is 0.662. The maximum absolute atomic E-state index is 6.20. The van der Waals surface area contributed by atoms with Gasteiger partial charge in [-0.15, -0.1) is 11.6 Å². The molecule has 0 spiro atoms. The van der Waals surface area contributed by atoms with E-state index < -0.39 is 0 Å². The Labute approximate surface area is 110 Å². The molecule has 1 heteroatoms. The Morgan fingerprint density at radius 3 is 2.53 bits per heavy atom. The van der Waals surface area contributed by atoms with E-state index >= 15 is 0 Å². The van der Waals surface area contributed by atoms with Gasteiger partial charge in [-0.2, -0.15) is 0 Å². The van der Waals surface area contributed by atoms with Crippen LogP contribution in [0.5, 0.6) is 0 Å². The molecule has 1 aliphatic rings. The van der Waals surface area contributed by atoms with Crippen LogP contribution < -0.4 is 0 Å². The molecule has 1 unspecified atom stereocenters. The fraction of sp³-hybridized carbons (Fsp3) is 0.625. The molecule has 1 aromatic rings. The molecular weight excluding hydrogens is 228 g/mol. The van der Waals surface area contributed by atoms with E-state index in [1.54, 1.807) is 0 Å². The number of halogens is 1. The summed E-state index contributed by atoms with van der Waals surface area (Å²) in [5.41, 5.74) is 2.90. The van der Waals surface area contributed by atoms with Crippen molar-refractivity contribution in [3.05, 3.63) is 35.4 Å². The van der Waals surface area contributed by atoms with Gasteiger partial charge in [0.05, 0.1) is 0 Å². The van der Waals surface area contributed by atoms with Gasteiger partial charge in [-0.25, -0.2) is 0 Å². The fourth-order valence-corrected chi connectivity index (χ4v) is 3.44. The average molecular weight is 251 g/mol. The molecule has 0 nitrogen and oxygen atoms in total. The summed E-state index contributed by atoms with van der Waals surface area (Å²) in [5, 5.41) is 0. The van der Waals surface area contributed by atoms with Crippen molar-refractivity contribution in [2.75, 3.05) is 5.88 Å². The van der Waals surface area contributed by atoms with Crippen molar-refractivity contribution < 1.29 is 0 Å². The number of rotatable bonds is 4. The molecule has 1 fully saturated rings. The Kier molecular flexibility index (Phi) is 4.91. The molecule has 0 aliphatic heterocycles. The van der Waals surface area contributed by atoms with Crippen molar-refractivity contribution in [3.8, 4) is 0 Å². The van der Waals surface area contributed by atoms with Crippen LogP contribution in [0.3, 0.4) is 0 Å². The van der Waals surface area contributed by atoms with Crippen molar-refractivity contribution in [1.82, 2.24) is 0 Å². The lowest BCUT2D eigenvalue weighted by Crippen LogP contribution is -2.21. The van der Waals surface area contributed by atoms with Gasteiger partial charge >= 0.3 is 0 Å². The Balaban J connectivity index is 2.01. The lowest BCUT2D eigenvalue weighted by atomic mass is 9.78. The van der Waals surface area contributed by atoms with Crippen molar-refractivity contribution >= 4 is 11.6 Å². The standard InChI is InChI=1S/C16H23Cl/c1-13-7-5-6-10-15(13)11-16(12-17)14-8-3-2-4-9-14/h5-7,10,14,16H,2-4,8-9,11-12H2,1H3. The highest BCUT2D eigenvalue weighted by atomic mass is 35.5. The van der Waals surface area contributed by atoms with Crippen molar-refractivity contribution in [1.29, 1.82) is 0 Å². The topological polar surface area (TPSA) is 0 Å². The minimum Gasteiger partial charge on any atom is -0.126 e. The monoisotopic (exact) mass is 250 g/mol. The van der Waals surface area contributed by atoms with Gasteiger partial charge in [0, 0.05) is 5.88 Å². The third-order valence-electron chi connectivity index (χ3n) is 4.26. The van der Waals surface area contributed by atoms with E-state index in [2.05, 4.69) is 31.2 Å². The summed E-state index contributed by atoms with van der Waals surface area (Å²) >= 11 is 6.20. The molecular formula is C16H23Cl. The molecule has 1 aromatic carbocycles. The first-order valence-electron chi connectivity index (χ1n) is 6.91. The smallest absolute Gasteiger partial charge is 0.0257 e. The van der Waals surface area contributed by atoms with E-state index in [-0.39, 0.29) is 0 Å². The summed E-state index contributed by atoms with van der Waals surface area (Å²) in [7, 11) is 0. The van der Waals surface area contributed by atoms with Gasteiger partial charge in [-0.05, 0) is 36.3 Å². The molecule has 0 heterocycles. The SMILES string of the molecule is Cc1ccccc1CC(CCl)C1CCCCC1. The maximum atomic E-state index is 6.20. The Bertz CT molecular complexity index is 339. The average Bonchev–Trinajstić information content (AvgIpc) is 2.39. The molecule has 94 valence electrons. The van der Waals surface area contributed by atoms with Crippen LogP contribution in [0.4, 0.5) is 0 Å². The van der Waals surface area contributed by atoms with Gasteiger partial charge in [0.1, 0.15) is 0 Å². The summed E-state index contributed by atoms with van der Waals surface area (Å²) in [5.74, 6) is 2.36. The summed E-state index contributed by atoms with van der Waals surface area (Å²) in [6, 6.07) is 8.74. The molecule has 17 heavy (non-hydrogen) atoms. The van der Waals surface area contributed by atoms with Crippen LogP contribution >= 0.6 is 11.6 Å². The van der Waals surface area contributed by atoms with E-state index in [0.29, 0.717) is 5.92 Å². The molecule has 2 rings (SSSR count). The van der Waals surface area contributed by atoms with Crippen LogP contribution in [0.25, 0.3) is 0 Å². The number of benzene rings is 1. The second-order valence-electron chi connectivity index (χ2n) is 5.44. The first-order chi connectivity index (χ1) is 8.31. The molecule has 0 N–H and O–H groups in total. The summed E-state index contributed by atoms with van der Waals surface area (Å²) in [4.78, 5) is 0. The molecule has 1 saturated carbocycles. The first kappa shape index (κ1) is 13.0. The van der Waals surface area contributed by atoms with Crippen LogP contribution in [0, 0.1) is 18.8 Å². The number of hydrogen-bond acceptors (Lipinski definition) is 0. The fourth-order valence-electron chi connectivity index (χ4n) is 3.07. The number of hydrogen-bond donors (Lipinski definition) is 0. The van der Waals surface area contributed by atoms with E-state index in [1.807, 2.05) is 0 Å². The zero-order valence-electron chi connectivity index (χ0n) is 10.8. The Morgan fingerprint density at radius 1 is 1.18 bits per heavy atom. The zero-order valence-corrected chi connectivity index (χ0v) is 11.5. The van der Waals surface area contributed by atoms with Crippen LogP contribution in [0.15, 0.2) is 24.3 Å². The van der Waals surface area contributed by atoms with E-state index in [9.17, 15) is 0 Å². The molecule has 0 aromatic heterocycles. The van der Waals surface area contributed by atoms with Gasteiger partial charge in [0.15, 0.2) is 0 Å². The number of aryl methyl sites for hydroxylation is 1. The third-order valence-corrected chi connectivity index (χ3v) is 4.65. The second kappa shape index (κ2) is 6.44. The van der Waals surface area contributed by atoms with Gasteiger partial charge in [0.2, 0.25) is 0 Å². The largest absolute Gasteiger partial charge is 0.126 e. The third kappa shape index (κ3) is 3.48. The highest BCUT2D eigenvalue weighted by Gasteiger charge is 2.23. The van der Waals surface area contributed by atoms with Crippen molar-refractivity contribution in [2.24, 2.45) is 11.8 Å². The lowest BCUT2D eigenvalue weighted by Gasteiger charge is -2.29. The molecule has 0 radical (unpaired) electrons. The molecule has 1 aliphatic carbocycles. The van der Waals surface area contributed by atoms with Crippen molar-refractivity contribution in [3.63, 3.8) is 0 Å². The van der Waals surface area contributed by atoms with Gasteiger partial charge < -0.3 is 0 Å². The number of alkyl halides is 1. The van der Waals surface area contributed by atoms with Crippen LogP contribution in [0.1, 0.15) is 43.2 Å². The van der Waals surface area contributed by atoms with E-state index in [1.165, 1.54) is 49.7 Å². The van der Waals surface area contributed by atoms with Gasteiger partial charge in [-0.3, -0.25) is 0 Å². The van der Waals surface area contributed by atoms with Crippen LogP contribution in [-0.2, 0) is 6.42 Å².